The van der Waals surface area contributed by atoms with Crippen LogP contribution >= 0.6 is 11.3 Å². The molecule has 0 atom stereocenters. The van der Waals surface area contributed by atoms with E-state index >= 15 is 0 Å². The van der Waals surface area contributed by atoms with Crippen LogP contribution in [0.1, 0.15) is 18.5 Å². The van der Waals surface area contributed by atoms with Crippen LogP contribution in [-0.4, -0.2) is 30.6 Å². The molecule has 0 fully saturated rings. The second-order valence-corrected chi connectivity index (χ2v) is 4.58. The zero-order valence-corrected chi connectivity index (χ0v) is 12.0. The summed E-state index contributed by atoms with van der Waals surface area (Å²) in [5.74, 6) is 0.0114. The van der Waals surface area contributed by atoms with Gasteiger partial charge in [-0.15, -0.1) is 11.3 Å². The number of thiazole rings is 1. The minimum Gasteiger partial charge on any atom is -0.468 e. The van der Waals surface area contributed by atoms with E-state index in [2.05, 4.69) is 20.3 Å². The fraction of sp³-hybridized carbons (Fsp3) is 0.455. The van der Waals surface area contributed by atoms with Gasteiger partial charge in [-0.2, -0.15) is 10.3 Å². The molecule has 20 heavy (non-hydrogen) atoms. The number of aliphatic imine (C=N–C) groups is 2. The molecule has 1 rings (SSSR count). The molecule has 8 nitrogen and oxygen atoms in total. The lowest BCUT2D eigenvalue weighted by molar-refractivity contribution is 0.386. The highest BCUT2D eigenvalue weighted by Crippen LogP contribution is 2.19. The van der Waals surface area contributed by atoms with Crippen molar-refractivity contribution >= 4 is 28.4 Å². The Morgan fingerprint density at radius 1 is 1.55 bits per heavy atom. The number of unbranched alkanes of at least 4 members (excludes halogenated alkanes) is 1. The number of nitrogens with zero attached hydrogens (tertiary/aromatic N) is 4. The quantitative estimate of drug-likeness (QED) is 0.229. The highest BCUT2D eigenvalue weighted by atomic mass is 32.1. The standard InChI is InChI=1S/C11H17N7OS/c1-19-10(16-7-12)15-5-3-2-4-8-6-20-11(17-8)18-9(13)14/h6H,2-5H2,1H3,(H,15,16)(H4,13,14,17,18). The number of ether oxygens (including phenoxy) is 1. The molecule has 0 spiro atoms. The molecular weight excluding hydrogens is 278 g/mol. The van der Waals surface area contributed by atoms with Crippen LogP contribution in [-0.2, 0) is 11.2 Å². The van der Waals surface area contributed by atoms with Crippen molar-refractivity contribution in [2.24, 2.45) is 21.5 Å². The first kappa shape index (κ1) is 15.7. The fourth-order valence-corrected chi connectivity index (χ4v) is 2.11. The van der Waals surface area contributed by atoms with Crippen LogP contribution in [0.2, 0.25) is 0 Å². The van der Waals surface area contributed by atoms with E-state index < -0.39 is 0 Å². The molecule has 0 unspecified atom stereocenters. The van der Waals surface area contributed by atoms with Crippen molar-refractivity contribution < 1.29 is 4.74 Å². The third kappa shape index (κ3) is 6.01. The topological polar surface area (TPSA) is 135 Å². The molecule has 0 aliphatic rings. The van der Waals surface area contributed by atoms with E-state index in [0.29, 0.717) is 11.7 Å². The maximum atomic E-state index is 8.43. The largest absolute Gasteiger partial charge is 0.468 e. The zero-order valence-electron chi connectivity index (χ0n) is 11.2. The molecule has 1 aromatic rings. The fourth-order valence-electron chi connectivity index (χ4n) is 1.37. The van der Waals surface area contributed by atoms with Crippen LogP contribution < -0.4 is 16.8 Å². The summed E-state index contributed by atoms with van der Waals surface area (Å²) >= 11 is 1.40. The molecule has 0 saturated heterocycles. The van der Waals surface area contributed by atoms with Gasteiger partial charge in [-0.25, -0.2) is 15.3 Å². The molecule has 1 aromatic heterocycles. The molecule has 1 heterocycles. The Bertz CT molecular complexity index is 513. The van der Waals surface area contributed by atoms with E-state index in [-0.39, 0.29) is 12.0 Å². The Balaban J connectivity index is 2.29. The van der Waals surface area contributed by atoms with Gasteiger partial charge in [0.05, 0.1) is 12.8 Å². The van der Waals surface area contributed by atoms with Gasteiger partial charge in [0.2, 0.25) is 5.13 Å². The lowest BCUT2D eigenvalue weighted by Gasteiger charge is -2.01. The number of methoxy groups -OCH3 is 1. The Hall–Kier alpha value is -2.34. The maximum Gasteiger partial charge on any atom is 0.297 e. The lowest BCUT2D eigenvalue weighted by Crippen LogP contribution is -2.21. The monoisotopic (exact) mass is 295 g/mol. The first-order chi connectivity index (χ1) is 9.65. The molecule has 0 amide bonds. The zero-order chi connectivity index (χ0) is 14.8. The second-order valence-electron chi connectivity index (χ2n) is 3.74. The first-order valence-electron chi connectivity index (χ1n) is 5.93. The number of aryl methyl sites for hydroxylation is 1. The van der Waals surface area contributed by atoms with Gasteiger partial charge in [-0.3, -0.25) is 0 Å². The predicted octanol–water partition coefficient (Wildman–Crippen LogP) is 0.444. The number of hydrogen-bond acceptors (Lipinski definition) is 6. The highest BCUT2D eigenvalue weighted by molar-refractivity contribution is 7.13. The van der Waals surface area contributed by atoms with E-state index in [9.17, 15) is 0 Å². The smallest absolute Gasteiger partial charge is 0.297 e. The summed E-state index contributed by atoms with van der Waals surface area (Å²) in [6.07, 6.45) is 4.39. The van der Waals surface area contributed by atoms with Crippen molar-refractivity contribution in [2.45, 2.75) is 19.3 Å². The molecular formula is C11H17N7OS. The Morgan fingerprint density at radius 2 is 2.35 bits per heavy atom. The van der Waals surface area contributed by atoms with Crippen molar-refractivity contribution in [1.29, 1.82) is 5.26 Å². The van der Waals surface area contributed by atoms with Crippen LogP contribution in [0.3, 0.4) is 0 Å². The van der Waals surface area contributed by atoms with Crippen LogP contribution in [0.5, 0.6) is 0 Å². The van der Waals surface area contributed by atoms with E-state index in [1.165, 1.54) is 18.4 Å². The average Bonchev–Trinajstić information content (AvgIpc) is 2.83. The van der Waals surface area contributed by atoms with Crippen molar-refractivity contribution in [3.8, 4) is 6.19 Å². The summed E-state index contributed by atoms with van der Waals surface area (Å²) in [5, 5.41) is 13.3. The molecule has 0 radical (unpaired) electrons. The summed E-state index contributed by atoms with van der Waals surface area (Å²) in [7, 11) is 1.46. The summed E-state index contributed by atoms with van der Waals surface area (Å²) in [5.41, 5.74) is 11.5. The lowest BCUT2D eigenvalue weighted by atomic mass is 10.2. The van der Waals surface area contributed by atoms with Crippen LogP contribution in [0.15, 0.2) is 15.4 Å². The summed E-state index contributed by atoms with van der Waals surface area (Å²) in [6, 6.07) is 0.233. The maximum absolute atomic E-state index is 8.43. The van der Waals surface area contributed by atoms with Gasteiger partial charge in [0.1, 0.15) is 0 Å². The number of aromatic nitrogens is 1. The van der Waals surface area contributed by atoms with Crippen LogP contribution in [0.25, 0.3) is 0 Å². The van der Waals surface area contributed by atoms with Crippen molar-refractivity contribution in [3.05, 3.63) is 11.1 Å². The number of nitriles is 1. The van der Waals surface area contributed by atoms with Gasteiger partial charge < -0.3 is 16.2 Å². The van der Waals surface area contributed by atoms with Crippen LogP contribution in [0.4, 0.5) is 5.13 Å². The number of nitrogens with one attached hydrogen (secondary N) is 1. The van der Waals surface area contributed by atoms with Gasteiger partial charge in [0.25, 0.3) is 6.02 Å². The summed E-state index contributed by atoms with van der Waals surface area (Å²) in [4.78, 5) is 12.3. The van der Waals surface area contributed by atoms with E-state index in [1.54, 1.807) is 6.19 Å². The molecule has 9 heteroatoms. The molecule has 0 aromatic carbocycles. The van der Waals surface area contributed by atoms with Gasteiger partial charge in [0.15, 0.2) is 12.2 Å². The van der Waals surface area contributed by atoms with Gasteiger partial charge in [-0.05, 0) is 19.3 Å². The van der Waals surface area contributed by atoms with Gasteiger partial charge in [-0.1, -0.05) is 0 Å². The summed E-state index contributed by atoms with van der Waals surface area (Å²) in [6.45, 7) is 0.586. The molecule has 108 valence electrons. The third-order valence-corrected chi connectivity index (χ3v) is 3.00. The van der Waals surface area contributed by atoms with Crippen molar-refractivity contribution in [3.63, 3.8) is 0 Å². The minimum atomic E-state index is 0.0114. The Kier molecular flexibility index (Phi) is 6.84. The molecule has 0 bridgehead atoms. The first-order valence-corrected chi connectivity index (χ1v) is 6.81. The average molecular weight is 295 g/mol. The van der Waals surface area contributed by atoms with Crippen molar-refractivity contribution in [2.75, 3.05) is 13.7 Å². The number of nitrogens with two attached hydrogens (primary N) is 2. The molecule has 0 aliphatic carbocycles. The number of guanidine groups is 1. The van der Waals surface area contributed by atoms with Gasteiger partial charge >= 0.3 is 0 Å². The Morgan fingerprint density at radius 3 is 3.00 bits per heavy atom. The molecule has 0 aliphatic heterocycles. The SMILES string of the molecule is COC(=NCCCCc1csc(N=C(N)N)n1)NC#N. The highest BCUT2D eigenvalue weighted by Gasteiger charge is 2.01. The number of amidine groups is 1. The molecule has 0 saturated carbocycles. The number of hydrogen-bond donors (Lipinski definition) is 3. The minimum absolute atomic E-state index is 0.0114. The van der Waals surface area contributed by atoms with E-state index in [0.717, 1.165) is 25.0 Å². The van der Waals surface area contributed by atoms with Crippen molar-refractivity contribution in [1.82, 2.24) is 10.3 Å². The van der Waals surface area contributed by atoms with E-state index in [4.69, 9.17) is 21.5 Å². The predicted molar refractivity (Wildman–Crippen MR) is 78.6 cm³/mol. The normalized spacial score (nSPS) is 10.7. The van der Waals surface area contributed by atoms with E-state index in [1.807, 2.05) is 5.38 Å². The second kappa shape index (κ2) is 8.71. The molecule has 5 N–H and O–H groups in total. The van der Waals surface area contributed by atoms with Gasteiger partial charge in [0, 0.05) is 11.9 Å². The van der Waals surface area contributed by atoms with Crippen LogP contribution in [0, 0.1) is 11.5 Å². The third-order valence-electron chi connectivity index (χ3n) is 2.22. The Labute approximate surface area is 121 Å². The summed E-state index contributed by atoms with van der Waals surface area (Å²) < 4.78 is 4.86. The number of rotatable bonds is 6.